The third-order valence-electron chi connectivity index (χ3n) is 2.71. The van der Waals surface area contributed by atoms with Crippen LogP contribution in [0.4, 0.5) is 18.9 Å². The molecule has 1 aliphatic rings. The molecule has 0 unspecified atom stereocenters. The van der Waals surface area contributed by atoms with E-state index in [1.54, 1.807) is 6.07 Å². The lowest BCUT2D eigenvalue weighted by Crippen LogP contribution is -2.30. The van der Waals surface area contributed by atoms with Crippen molar-refractivity contribution >= 4 is 23.0 Å². The number of alkyl halides is 3. The monoisotopic (exact) mass is 274 g/mol. The van der Waals surface area contributed by atoms with Gasteiger partial charge in [0.15, 0.2) is 5.11 Å². The average Bonchev–Trinajstić information content (AvgIpc) is 3.03. The number of anilines is 1. The summed E-state index contributed by atoms with van der Waals surface area (Å²) in [5, 5.41) is 6.16. The maximum absolute atomic E-state index is 12.7. The first-order valence-electron chi connectivity index (χ1n) is 5.61. The first-order chi connectivity index (χ1) is 8.36. The van der Waals surface area contributed by atoms with Gasteiger partial charge in [-0.1, -0.05) is 6.07 Å². The second-order valence-corrected chi connectivity index (χ2v) is 4.81. The highest BCUT2D eigenvalue weighted by Gasteiger charge is 2.32. The molecule has 98 valence electrons. The molecular formula is C12H13F3N2S. The third-order valence-corrected chi connectivity index (χ3v) is 2.93. The molecule has 18 heavy (non-hydrogen) atoms. The molecule has 0 atom stereocenters. The first-order valence-corrected chi connectivity index (χ1v) is 6.02. The fourth-order valence-electron chi connectivity index (χ4n) is 1.59. The van der Waals surface area contributed by atoms with E-state index in [0.717, 1.165) is 18.9 Å². The number of nitrogens with one attached hydrogen (secondary N) is 2. The van der Waals surface area contributed by atoms with Crippen molar-refractivity contribution < 1.29 is 13.2 Å². The van der Waals surface area contributed by atoms with Gasteiger partial charge in [-0.15, -0.1) is 0 Å². The Morgan fingerprint density at radius 3 is 2.56 bits per heavy atom. The summed E-state index contributed by atoms with van der Waals surface area (Å²) in [6.45, 7) is 1.44. The summed E-state index contributed by atoms with van der Waals surface area (Å²) < 4.78 is 38.1. The minimum Gasteiger partial charge on any atom is -0.360 e. The zero-order chi connectivity index (χ0) is 13.3. The summed E-state index contributed by atoms with van der Waals surface area (Å²) in [6, 6.07) is 4.48. The van der Waals surface area contributed by atoms with E-state index in [1.807, 2.05) is 0 Å². The van der Waals surface area contributed by atoms with Gasteiger partial charge in [0.25, 0.3) is 0 Å². The van der Waals surface area contributed by atoms with Crippen LogP contribution in [-0.4, -0.2) is 11.2 Å². The van der Waals surface area contributed by atoms with Crippen LogP contribution in [0.2, 0.25) is 0 Å². The van der Waals surface area contributed by atoms with Crippen LogP contribution < -0.4 is 10.6 Å². The van der Waals surface area contributed by atoms with E-state index in [2.05, 4.69) is 10.6 Å². The summed E-state index contributed by atoms with van der Waals surface area (Å²) in [5.41, 5.74) is -0.0816. The zero-order valence-electron chi connectivity index (χ0n) is 9.77. The Hall–Kier alpha value is -1.30. The number of rotatable bonds is 2. The molecule has 2 nitrogen and oxygen atoms in total. The first kappa shape index (κ1) is 13.1. The lowest BCUT2D eigenvalue weighted by molar-refractivity contribution is -0.138. The number of halogens is 3. The fourth-order valence-corrected chi connectivity index (χ4v) is 1.87. The van der Waals surface area contributed by atoms with Crippen molar-refractivity contribution in [3.63, 3.8) is 0 Å². The van der Waals surface area contributed by atoms with Crippen LogP contribution in [0.25, 0.3) is 0 Å². The van der Waals surface area contributed by atoms with E-state index in [0.29, 0.717) is 16.8 Å². The molecule has 1 aliphatic carbocycles. The highest BCUT2D eigenvalue weighted by atomic mass is 32.1. The van der Waals surface area contributed by atoms with Crippen molar-refractivity contribution in [1.82, 2.24) is 5.32 Å². The van der Waals surface area contributed by atoms with Gasteiger partial charge >= 0.3 is 6.18 Å². The van der Waals surface area contributed by atoms with Crippen LogP contribution >= 0.6 is 12.2 Å². The molecule has 1 saturated carbocycles. The van der Waals surface area contributed by atoms with Crippen LogP contribution in [0.1, 0.15) is 24.0 Å². The Labute approximate surface area is 109 Å². The number of benzene rings is 1. The van der Waals surface area contributed by atoms with Crippen LogP contribution in [0.5, 0.6) is 0 Å². The van der Waals surface area contributed by atoms with Crippen molar-refractivity contribution in [3.05, 3.63) is 29.3 Å². The molecule has 2 rings (SSSR count). The maximum Gasteiger partial charge on any atom is 0.416 e. The summed E-state index contributed by atoms with van der Waals surface area (Å²) in [4.78, 5) is 0. The number of aryl methyl sites for hydroxylation is 1. The molecule has 2 N–H and O–H groups in total. The molecule has 0 aliphatic heterocycles. The summed E-state index contributed by atoms with van der Waals surface area (Å²) in [6.07, 6.45) is -2.22. The zero-order valence-corrected chi connectivity index (χ0v) is 10.6. The molecule has 6 heteroatoms. The van der Waals surface area contributed by atoms with Gasteiger partial charge in [-0.2, -0.15) is 13.2 Å². The Bertz CT molecular complexity index is 467. The van der Waals surface area contributed by atoms with E-state index in [9.17, 15) is 13.2 Å². The molecule has 0 radical (unpaired) electrons. The number of hydrogen-bond donors (Lipinski definition) is 2. The van der Waals surface area contributed by atoms with Crippen molar-refractivity contribution in [2.45, 2.75) is 32.0 Å². The Morgan fingerprint density at radius 1 is 1.33 bits per heavy atom. The normalized spacial score (nSPS) is 15.3. The Kier molecular flexibility index (Phi) is 3.47. The van der Waals surface area contributed by atoms with E-state index in [1.165, 1.54) is 13.0 Å². The van der Waals surface area contributed by atoms with Crippen LogP contribution in [0, 0.1) is 6.92 Å². The highest BCUT2D eigenvalue weighted by molar-refractivity contribution is 7.80. The third kappa shape index (κ3) is 3.35. The highest BCUT2D eigenvalue weighted by Crippen LogP contribution is 2.33. The maximum atomic E-state index is 12.7. The summed E-state index contributed by atoms with van der Waals surface area (Å²) >= 11 is 5.02. The van der Waals surface area contributed by atoms with Gasteiger partial charge in [-0.3, -0.25) is 0 Å². The van der Waals surface area contributed by atoms with Gasteiger partial charge in [0, 0.05) is 11.7 Å². The molecule has 0 bridgehead atoms. The average molecular weight is 274 g/mol. The molecule has 1 fully saturated rings. The standard InChI is InChI=1S/C12H13F3N2S/c1-7-2-3-9(6-10(7)12(13,14)15)17-11(18)16-8-4-5-8/h2-3,6,8H,4-5H2,1H3,(H2,16,17,18). The summed E-state index contributed by atoms with van der Waals surface area (Å²) in [5.74, 6) is 0. The molecule has 0 aromatic heterocycles. The quantitative estimate of drug-likeness (QED) is 0.808. The van der Waals surface area contributed by atoms with Crippen molar-refractivity contribution in [2.75, 3.05) is 5.32 Å². The largest absolute Gasteiger partial charge is 0.416 e. The summed E-state index contributed by atoms with van der Waals surface area (Å²) in [7, 11) is 0. The van der Waals surface area contributed by atoms with Gasteiger partial charge in [-0.05, 0) is 49.7 Å². The molecule has 0 heterocycles. The van der Waals surface area contributed by atoms with Gasteiger partial charge in [0.1, 0.15) is 0 Å². The van der Waals surface area contributed by atoms with E-state index in [-0.39, 0.29) is 5.56 Å². The van der Waals surface area contributed by atoms with Gasteiger partial charge < -0.3 is 10.6 Å². The van der Waals surface area contributed by atoms with Gasteiger partial charge in [-0.25, -0.2) is 0 Å². The molecule has 0 spiro atoms. The van der Waals surface area contributed by atoms with Crippen LogP contribution in [0.15, 0.2) is 18.2 Å². The number of thiocarbonyl (C=S) groups is 1. The van der Waals surface area contributed by atoms with Crippen molar-refractivity contribution in [1.29, 1.82) is 0 Å². The number of hydrogen-bond acceptors (Lipinski definition) is 1. The SMILES string of the molecule is Cc1ccc(NC(=S)NC2CC2)cc1C(F)(F)F. The molecule has 1 aromatic rings. The second kappa shape index (κ2) is 4.76. The topological polar surface area (TPSA) is 24.1 Å². The lowest BCUT2D eigenvalue weighted by Gasteiger charge is -2.14. The predicted molar refractivity (Wildman–Crippen MR) is 68.6 cm³/mol. The lowest BCUT2D eigenvalue weighted by atomic mass is 10.1. The van der Waals surface area contributed by atoms with E-state index >= 15 is 0 Å². The minimum absolute atomic E-state index is 0.203. The fraction of sp³-hybridized carbons (Fsp3) is 0.417. The van der Waals surface area contributed by atoms with E-state index in [4.69, 9.17) is 12.2 Å². The van der Waals surface area contributed by atoms with Crippen molar-refractivity contribution in [2.24, 2.45) is 0 Å². The molecular weight excluding hydrogens is 261 g/mol. The molecule has 0 saturated heterocycles. The van der Waals surface area contributed by atoms with Crippen molar-refractivity contribution in [3.8, 4) is 0 Å². The predicted octanol–water partition coefficient (Wildman–Crippen LogP) is 3.46. The molecule has 1 aromatic carbocycles. The molecule has 0 amide bonds. The minimum atomic E-state index is -4.34. The second-order valence-electron chi connectivity index (χ2n) is 4.40. The Balaban J connectivity index is 2.11. The van der Waals surface area contributed by atoms with E-state index < -0.39 is 11.7 Å². The van der Waals surface area contributed by atoms with Crippen LogP contribution in [-0.2, 0) is 6.18 Å². The Morgan fingerprint density at radius 2 is 2.00 bits per heavy atom. The smallest absolute Gasteiger partial charge is 0.360 e. The van der Waals surface area contributed by atoms with Crippen LogP contribution in [0.3, 0.4) is 0 Å². The van der Waals surface area contributed by atoms with Gasteiger partial charge in [0.05, 0.1) is 5.56 Å². The van der Waals surface area contributed by atoms with Gasteiger partial charge in [0.2, 0.25) is 0 Å².